The second kappa shape index (κ2) is 14.5. The summed E-state index contributed by atoms with van der Waals surface area (Å²) in [6, 6.07) is 25.3. The number of nitro benzene ring substituents is 1. The Morgan fingerprint density at radius 1 is 0.917 bits per heavy atom. The molecule has 1 amide bonds. The molecule has 0 aliphatic heterocycles. The van der Waals surface area contributed by atoms with E-state index in [1.807, 2.05) is 0 Å². The van der Waals surface area contributed by atoms with Crippen LogP contribution in [0.2, 0.25) is 0 Å². The fourth-order valence-electron chi connectivity index (χ4n) is 4.70. The Morgan fingerprint density at radius 3 is 2.33 bits per heavy atom. The normalized spacial score (nSPS) is 10.8. The maximum Gasteiger partial charge on any atom is 0.269 e. The molecule has 0 bridgehead atoms. The van der Waals surface area contributed by atoms with Crippen molar-refractivity contribution in [2.45, 2.75) is 17.3 Å². The molecule has 0 saturated heterocycles. The Balaban J connectivity index is 1.24. The summed E-state index contributed by atoms with van der Waals surface area (Å²) in [7, 11) is 0. The van der Waals surface area contributed by atoms with Gasteiger partial charge in [0.1, 0.15) is 17.9 Å². The number of carbonyl (C=O) groups is 1. The highest BCUT2D eigenvalue weighted by molar-refractivity contribution is 7.98. The van der Waals surface area contributed by atoms with Gasteiger partial charge in [-0.2, -0.15) is 0 Å². The van der Waals surface area contributed by atoms with Crippen molar-refractivity contribution in [3.8, 4) is 22.8 Å². The average molecular weight is 661 g/mol. The predicted octanol–water partition coefficient (Wildman–Crippen LogP) is 7.20. The Hall–Kier alpha value is -6.21. The standard InChI is InChI=1S/C35H25FN6O5S/c36-26-11-5-22(6-12-26)20-48-35-40-32(29(34(44)41-35)17-23-18-37-21-38-19-23)24-7-9-25(10-8-24)33(43)39-30-3-1-2-4-31(30)47-28-15-13-27(14-16-28)42(45)46/h1-16,18-19,21H,17,20H2,(H,39,43)(H,40,41,44). The number of nitrogens with one attached hydrogen (secondary N) is 2. The number of nitrogens with zero attached hydrogens (tertiary/aromatic N) is 4. The number of aromatic amines is 1. The molecule has 238 valence electrons. The van der Waals surface area contributed by atoms with Crippen LogP contribution in [-0.2, 0) is 12.2 Å². The van der Waals surface area contributed by atoms with Crippen molar-refractivity contribution in [1.82, 2.24) is 19.9 Å². The summed E-state index contributed by atoms with van der Waals surface area (Å²) < 4.78 is 19.3. The lowest BCUT2D eigenvalue weighted by molar-refractivity contribution is -0.384. The van der Waals surface area contributed by atoms with Crippen LogP contribution >= 0.6 is 11.8 Å². The lowest BCUT2D eigenvalue weighted by Crippen LogP contribution is -2.18. The average Bonchev–Trinajstić information content (AvgIpc) is 3.10. The van der Waals surface area contributed by atoms with Gasteiger partial charge >= 0.3 is 0 Å². The molecule has 6 rings (SSSR count). The zero-order valence-electron chi connectivity index (χ0n) is 25.0. The van der Waals surface area contributed by atoms with E-state index in [1.165, 1.54) is 54.5 Å². The minimum absolute atomic E-state index is 0.0659. The van der Waals surface area contributed by atoms with Crippen LogP contribution in [0.1, 0.15) is 27.0 Å². The maximum absolute atomic E-state index is 13.4. The number of amides is 1. The number of anilines is 1. The maximum atomic E-state index is 13.4. The van der Waals surface area contributed by atoms with E-state index in [0.717, 1.165) is 11.1 Å². The van der Waals surface area contributed by atoms with Gasteiger partial charge in [0, 0.05) is 53.4 Å². The molecule has 0 aliphatic rings. The SMILES string of the molecule is O=C(Nc1ccccc1Oc1ccc([N+](=O)[O-])cc1)c1ccc(-c2nc(SCc3ccc(F)cc3)[nH]c(=O)c2Cc2cncnc2)cc1. The van der Waals surface area contributed by atoms with Crippen molar-refractivity contribution >= 4 is 29.0 Å². The molecular formula is C35H25FN6O5S. The van der Waals surface area contributed by atoms with Crippen LogP contribution < -0.4 is 15.6 Å². The molecule has 2 heterocycles. The smallest absolute Gasteiger partial charge is 0.269 e. The summed E-state index contributed by atoms with van der Waals surface area (Å²) >= 11 is 1.31. The van der Waals surface area contributed by atoms with Gasteiger partial charge in [-0.25, -0.2) is 19.3 Å². The highest BCUT2D eigenvalue weighted by Gasteiger charge is 2.17. The van der Waals surface area contributed by atoms with Gasteiger partial charge in [0.2, 0.25) is 0 Å². The van der Waals surface area contributed by atoms with Gasteiger partial charge in [-0.15, -0.1) is 0 Å². The van der Waals surface area contributed by atoms with Crippen LogP contribution in [0.3, 0.4) is 0 Å². The van der Waals surface area contributed by atoms with Crippen LogP contribution in [0.25, 0.3) is 11.3 Å². The summed E-state index contributed by atoms with van der Waals surface area (Å²) in [5.74, 6) is 0.443. The molecule has 2 N–H and O–H groups in total. The molecule has 0 aliphatic carbocycles. The van der Waals surface area contributed by atoms with Crippen LogP contribution in [0.5, 0.6) is 11.5 Å². The lowest BCUT2D eigenvalue weighted by Gasteiger charge is -2.13. The fourth-order valence-corrected chi connectivity index (χ4v) is 5.52. The minimum Gasteiger partial charge on any atom is -0.455 e. The quantitative estimate of drug-likeness (QED) is 0.0636. The lowest BCUT2D eigenvalue weighted by atomic mass is 10.0. The second-order valence-electron chi connectivity index (χ2n) is 10.4. The number of ether oxygens (including phenoxy) is 1. The first-order chi connectivity index (χ1) is 23.3. The zero-order chi connectivity index (χ0) is 33.5. The van der Waals surface area contributed by atoms with Crippen molar-refractivity contribution in [2.75, 3.05) is 5.32 Å². The van der Waals surface area contributed by atoms with Gasteiger partial charge in [0.15, 0.2) is 10.9 Å². The number of carbonyl (C=O) groups excluding carboxylic acids is 1. The summed E-state index contributed by atoms with van der Waals surface area (Å²) in [5, 5.41) is 14.2. The Labute approximate surface area is 277 Å². The van der Waals surface area contributed by atoms with E-state index in [9.17, 15) is 24.1 Å². The third kappa shape index (κ3) is 7.77. The molecule has 4 aromatic carbocycles. The van der Waals surface area contributed by atoms with Crippen molar-refractivity contribution in [2.24, 2.45) is 0 Å². The monoisotopic (exact) mass is 660 g/mol. The van der Waals surface area contributed by atoms with Crippen LogP contribution in [0, 0.1) is 15.9 Å². The number of para-hydroxylation sites is 2. The largest absolute Gasteiger partial charge is 0.455 e. The highest BCUT2D eigenvalue weighted by atomic mass is 32.2. The fraction of sp³-hybridized carbons (Fsp3) is 0.0571. The molecule has 48 heavy (non-hydrogen) atoms. The van der Waals surface area contributed by atoms with Crippen molar-refractivity contribution in [1.29, 1.82) is 0 Å². The number of hydrogen-bond donors (Lipinski definition) is 2. The molecule has 0 spiro atoms. The first kappa shape index (κ1) is 31.8. The molecule has 11 nitrogen and oxygen atoms in total. The molecule has 6 aromatic rings. The molecule has 0 atom stereocenters. The van der Waals surface area contributed by atoms with E-state index in [2.05, 4.69) is 20.3 Å². The summed E-state index contributed by atoms with van der Waals surface area (Å²) in [6.07, 6.45) is 4.90. The Kier molecular flexibility index (Phi) is 9.58. The predicted molar refractivity (Wildman–Crippen MR) is 179 cm³/mol. The molecule has 0 fully saturated rings. The van der Waals surface area contributed by atoms with Gasteiger partial charge in [0.25, 0.3) is 17.2 Å². The minimum atomic E-state index is -0.498. The number of aromatic nitrogens is 4. The number of non-ortho nitro benzene ring substituents is 1. The number of thioether (sulfide) groups is 1. The number of nitro groups is 1. The van der Waals surface area contributed by atoms with Gasteiger partial charge in [-0.05, 0) is 59.7 Å². The van der Waals surface area contributed by atoms with Crippen LogP contribution in [0.4, 0.5) is 15.8 Å². The van der Waals surface area contributed by atoms with E-state index in [0.29, 0.717) is 50.5 Å². The van der Waals surface area contributed by atoms with Crippen molar-refractivity contribution in [3.63, 3.8) is 0 Å². The summed E-state index contributed by atoms with van der Waals surface area (Å²) in [4.78, 5) is 52.9. The van der Waals surface area contributed by atoms with Gasteiger partial charge in [-0.3, -0.25) is 19.7 Å². The van der Waals surface area contributed by atoms with E-state index in [1.54, 1.807) is 73.1 Å². The Morgan fingerprint density at radius 2 is 1.62 bits per heavy atom. The first-order valence-corrected chi connectivity index (χ1v) is 15.5. The number of rotatable bonds is 11. The number of halogens is 1. The van der Waals surface area contributed by atoms with E-state index >= 15 is 0 Å². The zero-order valence-corrected chi connectivity index (χ0v) is 25.8. The molecule has 2 aromatic heterocycles. The van der Waals surface area contributed by atoms with Crippen LogP contribution in [-0.4, -0.2) is 30.8 Å². The summed E-state index contributed by atoms with van der Waals surface area (Å²) in [6.45, 7) is 0. The van der Waals surface area contributed by atoms with Crippen molar-refractivity contribution < 1.29 is 18.8 Å². The summed E-state index contributed by atoms with van der Waals surface area (Å²) in [5.41, 5.74) is 3.42. The molecule has 0 saturated carbocycles. The third-order valence-electron chi connectivity index (χ3n) is 7.11. The van der Waals surface area contributed by atoms with Crippen molar-refractivity contribution in [3.05, 3.63) is 164 Å². The molecule has 13 heteroatoms. The third-order valence-corrected chi connectivity index (χ3v) is 8.05. The number of H-pyrrole nitrogens is 1. The van der Waals surface area contributed by atoms with E-state index in [-0.39, 0.29) is 23.5 Å². The number of hydrogen-bond acceptors (Lipinski definition) is 9. The molecular weight excluding hydrogens is 635 g/mol. The first-order valence-electron chi connectivity index (χ1n) is 14.5. The second-order valence-corrected chi connectivity index (χ2v) is 11.4. The highest BCUT2D eigenvalue weighted by Crippen LogP contribution is 2.31. The topological polar surface area (TPSA) is 153 Å². The van der Waals surface area contributed by atoms with E-state index < -0.39 is 10.8 Å². The Bertz CT molecular complexity index is 2130. The van der Waals surface area contributed by atoms with Crippen LogP contribution in [0.15, 0.2) is 126 Å². The van der Waals surface area contributed by atoms with Gasteiger partial charge in [-0.1, -0.05) is 48.2 Å². The van der Waals surface area contributed by atoms with E-state index in [4.69, 9.17) is 9.72 Å². The molecule has 0 radical (unpaired) electrons. The number of benzene rings is 4. The van der Waals surface area contributed by atoms with Gasteiger partial charge < -0.3 is 15.0 Å². The van der Waals surface area contributed by atoms with Gasteiger partial charge in [0.05, 0.1) is 16.3 Å². The molecule has 0 unspecified atom stereocenters.